The molecular formula is C28H42N6O2. The largest absolute Gasteiger partial charge is 0.463 e. The number of amides is 1. The van der Waals surface area contributed by atoms with Crippen LogP contribution in [0.3, 0.4) is 0 Å². The Bertz CT molecular complexity index is 978. The van der Waals surface area contributed by atoms with Crippen LogP contribution in [0.15, 0.2) is 49.1 Å². The lowest BCUT2D eigenvalue weighted by Crippen LogP contribution is -2.49. The maximum atomic E-state index is 12.1. The summed E-state index contributed by atoms with van der Waals surface area (Å²) in [6, 6.07) is 0.681. The smallest absolute Gasteiger partial charge is 0.318 e. The fourth-order valence-corrected chi connectivity index (χ4v) is 4.75. The number of aromatic nitrogens is 2. The van der Waals surface area contributed by atoms with E-state index in [4.69, 9.17) is 14.7 Å². The van der Waals surface area contributed by atoms with Crippen LogP contribution in [0.4, 0.5) is 5.82 Å². The summed E-state index contributed by atoms with van der Waals surface area (Å²) >= 11 is 0. The molecule has 1 atom stereocenters. The Morgan fingerprint density at radius 1 is 1.17 bits per heavy atom. The Kier molecular flexibility index (Phi) is 10.3. The number of carbonyl (C=O) groups excluding carboxylic acids is 1. The van der Waals surface area contributed by atoms with Crippen LogP contribution >= 0.6 is 0 Å². The maximum absolute atomic E-state index is 12.1. The number of hydrogen-bond acceptors (Lipinski definition) is 7. The highest BCUT2D eigenvalue weighted by molar-refractivity contribution is 5.87. The molecule has 1 aromatic heterocycles. The lowest BCUT2D eigenvalue weighted by molar-refractivity contribution is -0.126. The number of carbonyl (C=O) groups is 1. The summed E-state index contributed by atoms with van der Waals surface area (Å²) in [4.78, 5) is 30.5. The second-order valence-electron chi connectivity index (χ2n) is 9.58. The van der Waals surface area contributed by atoms with E-state index in [9.17, 15) is 4.79 Å². The molecule has 3 heterocycles. The molecule has 1 amide bonds. The van der Waals surface area contributed by atoms with Crippen LogP contribution in [0.2, 0.25) is 0 Å². The first-order valence-electron chi connectivity index (χ1n) is 12.9. The third kappa shape index (κ3) is 7.04. The van der Waals surface area contributed by atoms with Gasteiger partial charge in [0.15, 0.2) is 0 Å². The maximum Gasteiger partial charge on any atom is 0.318 e. The molecule has 0 N–H and O–H groups in total. The highest BCUT2D eigenvalue weighted by atomic mass is 16.5. The van der Waals surface area contributed by atoms with Crippen molar-refractivity contribution in [2.24, 2.45) is 0 Å². The second kappa shape index (κ2) is 13.4. The summed E-state index contributed by atoms with van der Waals surface area (Å²) in [6.07, 6.45) is 11.3. The predicted molar refractivity (Wildman–Crippen MR) is 146 cm³/mol. The van der Waals surface area contributed by atoms with Crippen molar-refractivity contribution in [1.82, 2.24) is 24.7 Å². The van der Waals surface area contributed by atoms with Crippen molar-refractivity contribution in [2.45, 2.75) is 39.3 Å². The van der Waals surface area contributed by atoms with Gasteiger partial charge in [-0.15, -0.1) is 0 Å². The lowest BCUT2D eigenvalue weighted by atomic mass is 9.99. The molecule has 2 aliphatic heterocycles. The van der Waals surface area contributed by atoms with E-state index in [0.29, 0.717) is 25.7 Å². The normalized spacial score (nSPS) is 17.9. The number of allylic oxidation sites excluding steroid dienone is 3. The van der Waals surface area contributed by atoms with Gasteiger partial charge in [-0.25, -0.2) is 0 Å². The fourth-order valence-electron chi connectivity index (χ4n) is 4.75. The molecular weight excluding hydrogens is 452 g/mol. The Balaban J connectivity index is 1.84. The van der Waals surface area contributed by atoms with Crippen molar-refractivity contribution in [3.8, 4) is 6.01 Å². The zero-order valence-corrected chi connectivity index (χ0v) is 22.4. The average Bonchev–Trinajstić information content (AvgIpc) is 2.89. The number of piperazine rings is 1. The van der Waals surface area contributed by atoms with Crippen molar-refractivity contribution < 1.29 is 9.53 Å². The van der Waals surface area contributed by atoms with Crippen molar-refractivity contribution in [3.05, 3.63) is 60.4 Å². The summed E-state index contributed by atoms with van der Waals surface area (Å²) < 4.78 is 6.04. The second-order valence-corrected chi connectivity index (χ2v) is 9.58. The van der Waals surface area contributed by atoms with Crippen molar-refractivity contribution in [1.29, 1.82) is 0 Å². The Labute approximate surface area is 216 Å². The number of nitrogens with zero attached hydrogens (tertiary/aromatic N) is 6. The van der Waals surface area contributed by atoms with E-state index in [1.807, 2.05) is 17.9 Å². The zero-order chi connectivity index (χ0) is 26.1. The molecule has 196 valence electrons. The van der Waals surface area contributed by atoms with Crippen molar-refractivity contribution in [2.75, 3.05) is 64.9 Å². The van der Waals surface area contributed by atoms with Crippen LogP contribution in [0.5, 0.6) is 6.01 Å². The highest BCUT2D eigenvalue weighted by Crippen LogP contribution is 2.31. The third-order valence-electron chi connectivity index (χ3n) is 6.80. The quantitative estimate of drug-likeness (QED) is 0.266. The number of ether oxygens (including phenoxy) is 1. The Hall–Kier alpha value is -2.97. The average molecular weight is 495 g/mol. The van der Waals surface area contributed by atoms with Gasteiger partial charge in [-0.1, -0.05) is 37.5 Å². The van der Waals surface area contributed by atoms with Crippen LogP contribution in [0.1, 0.15) is 31.5 Å². The topological polar surface area (TPSA) is 65.0 Å². The monoisotopic (exact) mass is 494 g/mol. The summed E-state index contributed by atoms with van der Waals surface area (Å²) in [7, 11) is 4.12. The van der Waals surface area contributed by atoms with Gasteiger partial charge in [-0.3, -0.25) is 9.69 Å². The summed E-state index contributed by atoms with van der Waals surface area (Å²) in [5, 5.41) is 0. The fraction of sp³-hybridized carbons (Fsp3) is 0.536. The van der Waals surface area contributed by atoms with E-state index in [0.717, 1.165) is 57.1 Å². The van der Waals surface area contributed by atoms with Gasteiger partial charge in [-0.05, 0) is 52.4 Å². The number of hydrogen-bond donors (Lipinski definition) is 0. The molecule has 0 saturated carbocycles. The molecule has 0 spiro atoms. The molecule has 0 aliphatic carbocycles. The van der Waals surface area contributed by atoms with E-state index < -0.39 is 0 Å². The van der Waals surface area contributed by atoms with Crippen molar-refractivity contribution in [3.63, 3.8) is 0 Å². The van der Waals surface area contributed by atoms with E-state index >= 15 is 0 Å². The minimum atomic E-state index is -0.0153. The molecule has 3 rings (SSSR count). The molecule has 0 aromatic carbocycles. The molecule has 2 aliphatic rings. The van der Waals surface area contributed by atoms with E-state index in [1.165, 1.54) is 17.2 Å². The zero-order valence-electron chi connectivity index (χ0n) is 22.4. The first kappa shape index (κ1) is 27.6. The minimum absolute atomic E-state index is 0.0153. The molecule has 8 heteroatoms. The number of anilines is 1. The number of fused-ring (bicyclic) bond motifs is 1. The van der Waals surface area contributed by atoms with Crippen LogP contribution in [0, 0.1) is 0 Å². The van der Waals surface area contributed by atoms with Gasteiger partial charge in [0.1, 0.15) is 5.82 Å². The van der Waals surface area contributed by atoms with Gasteiger partial charge >= 0.3 is 6.01 Å². The van der Waals surface area contributed by atoms with Gasteiger partial charge < -0.3 is 19.4 Å². The molecule has 1 aromatic rings. The van der Waals surface area contributed by atoms with E-state index in [1.54, 1.807) is 0 Å². The van der Waals surface area contributed by atoms with Gasteiger partial charge in [0, 0.05) is 57.4 Å². The molecule has 1 unspecified atom stereocenters. The van der Waals surface area contributed by atoms with Gasteiger partial charge in [-0.2, -0.15) is 9.97 Å². The summed E-state index contributed by atoms with van der Waals surface area (Å²) in [6.45, 7) is 17.7. The van der Waals surface area contributed by atoms with E-state index in [2.05, 4.69) is 67.1 Å². The van der Waals surface area contributed by atoms with Crippen LogP contribution in [-0.2, 0) is 17.8 Å². The first-order chi connectivity index (χ1) is 17.4. The van der Waals surface area contributed by atoms with Gasteiger partial charge in [0.05, 0.1) is 12.3 Å². The van der Waals surface area contributed by atoms with Crippen LogP contribution < -0.4 is 9.64 Å². The van der Waals surface area contributed by atoms with E-state index in [-0.39, 0.29) is 11.9 Å². The van der Waals surface area contributed by atoms with Crippen LogP contribution in [-0.4, -0.2) is 96.6 Å². The number of rotatable bonds is 11. The predicted octanol–water partition coefficient (Wildman–Crippen LogP) is 3.08. The highest BCUT2D eigenvalue weighted by Gasteiger charge is 2.30. The SMILES string of the molecule is C=C/C=C(\C=C/C)C(C)N1CCc2c(nc(OCCCN(C)C)nc2N2CCN(C(=O)C=C)CC2)C1. The first-order valence-corrected chi connectivity index (χ1v) is 12.9. The molecule has 0 radical (unpaired) electrons. The molecule has 1 saturated heterocycles. The Morgan fingerprint density at radius 3 is 2.56 bits per heavy atom. The lowest BCUT2D eigenvalue weighted by Gasteiger charge is -2.38. The van der Waals surface area contributed by atoms with Gasteiger partial charge in [0.2, 0.25) is 5.91 Å². The van der Waals surface area contributed by atoms with Crippen molar-refractivity contribution >= 4 is 11.7 Å². The third-order valence-corrected chi connectivity index (χ3v) is 6.80. The molecule has 1 fully saturated rings. The minimum Gasteiger partial charge on any atom is -0.463 e. The molecule has 8 nitrogen and oxygen atoms in total. The summed E-state index contributed by atoms with van der Waals surface area (Å²) in [5.41, 5.74) is 3.46. The molecule has 0 bridgehead atoms. The Morgan fingerprint density at radius 2 is 1.92 bits per heavy atom. The molecule has 36 heavy (non-hydrogen) atoms. The standard InChI is InChI=1S/C28H42N6O2/c1-7-11-23(12-8-2)22(4)34-15-13-24-25(21-34)29-28(36-20-10-14-31(5)6)30-27(24)33-18-16-32(17-19-33)26(35)9-3/h7-9,11-12,22H,1,3,10,13-21H2,2,4-6H3/b12-8-,23-11+. The van der Waals surface area contributed by atoms with Crippen LogP contribution in [0.25, 0.3) is 0 Å². The summed E-state index contributed by atoms with van der Waals surface area (Å²) in [5.74, 6) is 0.939. The van der Waals surface area contributed by atoms with Gasteiger partial charge in [0.25, 0.3) is 0 Å².